The summed E-state index contributed by atoms with van der Waals surface area (Å²) in [7, 11) is 1.89. The van der Waals surface area contributed by atoms with E-state index in [2.05, 4.69) is 10.6 Å². The number of carbonyl (C=O) groups is 1. The van der Waals surface area contributed by atoms with Crippen LogP contribution >= 0.6 is 12.4 Å². The first-order valence-corrected chi connectivity index (χ1v) is 5.99. The molecule has 3 nitrogen and oxygen atoms in total. The summed E-state index contributed by atoms with van der Waals surface area (Å²) in [5, 5.41) is 6.07. The largest absolute Gasteiger partial charge is 0.354 e. The van der Waals surface area contributed by atoms with E-state index in [-0.39, 0.29) is 24.4 Å². The summed E-state index contributed by atoms with van der Waals surface area (Å²) < 4.78 is 0. The van der Waals surface area contributed by atoms with Gasteiger partial charge in [-0.05, 0) is 33.4 Å². The van der Waals surface area contributed by atoms with Crippen LogP contribution in [0.2, 0.25) is 0 Å². The number of benzene rings is 1. The van der Waals surface area contributed by atoms with Crippen LogP contribution in [0, 0.1) is 0 Å². The Balaban J connectivity index is 0.00000289. The molecular formula is C14H23ClN2O. The van der Waals surface area contributed by atoms with Crippen LogP contribution in [0.3, 0.4) is 0 Å². The lowest BCUT2D eigenvalue weighted by atomic mass is 9.84. The van der Waals surface area contributed by atoms with Crippen molar-refractivity contribution in [3.63, 3.8) is 0 Å². The van der Waals surface area contributed by atoms with Gasteiger partial charge in [0.15, 0.2) is 0 Å². The lowest BCUT2D eigenvalue weighted by Gasteiger charge is -2.25. The third kappa shape index (κ3) is 4.31. The molecule has 0 radical (unpaired) electrons. The average molecular weight is 271 g/mol. The van der Waals surface area contributed by atoms with Crippen LogP contribution in [0.15, 0.2) is 30.3 Å². The summed E-state index contributed by atoms with van der Waals surface area (Å²) in [6, 6.07) is 10.1. The summed E-state index contributed by atoms with van der Waals surface area (Å²) >= 11 is 0. The first-order chi connectivity index (χ1) is 7.98. The highest BCUT2D eigenvalue weighted by Crippen LogP contribution is 2.22. The molecule has 0 spiro atoms. The Morgan fingerprint density at radius 1 is 1.28 bits per heavy atom. The Morgan fingerprint density at radius 3 is 2.33 bits per heavy atom. The molecule has 102 valence electrons. The Kier molecular flexibility index (Phi) is 6.96. The number of hydrogen-bond acceptors (Lipinski definition) is 2. The predicted octanol–water partition coefficient (Wildman–Crippen LogP) is 2.11. The second-order valence-electron chi connectivity index (χ2n) is 4.89. The lowest BCUT2D eigenvalue weighted by molar-refractivity contribution is -0.125. The van der Waals surface area contributed by atoms with Crippen LogP contribution < -0.4 is 10.6 Å². The van der Waals surface area contributed by atoms with Crippen molar-refractivity contribution in [2.75, 3.05) is 13.6 Å². The number of likely N-dealkylation sites (N-methyl/N-ethyl adjacent to an activating group) is 1. The minimum Gasteiger partial charge on any atom is -0.354 e. The van der Waals surface area contributed by atoms with Gasteiger partial charge in [-0.3, -0.25) is 4.79 Å². The van der Waals surface area contributed by atoms with E-state index in [1.807, 2.05) is 58.2 Å². The van der Waals surface area contributed by atoms with E-state index < -0.39 is 5.41 Å². The van der Waals surface area contributed by atoms with Gasteiger partial charge in [0.25, 0.3) is 0 Å². The Morgan fingerprint density at radius 2 is 1.83 bits per heavy atom. The topological polar surface area (TPSA) is 41.1 Å². The molecule has 1 rings (SSSR count). The standard InChI is InChI=1S/C14H22N2O.ClH/c1-11(15-4)10-16-13(17)14(2,3)12-8-6-5-7-9-12;/h5-9,11,15H,10H2,1-4H3,(H,16,17);1H. The monoisotopic (exact) mass is 270 g/mol. The fourth-order valence-corrected chi connectivity index (χ4v) is 1.55. The molecule has 0 aliphatic carbocycles. The minimum absolute atomic E-state index is 0. The van der Waals surface area contributed by atoms with Crippen molar-refractivity contribution in [3.05, 3.63) is 35.9 Å². The maximum absolute atomic E-state index is 12.1. The fraction of sp³-hybridized carbons (Fsp3) is 0.500. The molecule has 1 amide bonds. The van der Waals surface area contributed by atoms with E-state index in [1.165, 1.54) is 0 Å². The van der Waals surface area contributed by atoms with E-state index in [0.717, 1.165) is 5.56 Å². The fourth-order valence-electron chi connectivity index (χ4n) is 1.55. The number of halogens is 1. The highest BCUT2D eigenvalue weighted by molar-refractivity contribution is 5.87. The van der Waals surface area contributed by atoms with Gasteiger partial charge in [0.05, 0.1) is 5.41 Å². The second kappa shape index (κ2) is 7.39. The normalized spacial score (nSPS) is 12.4. The van der Waals surface area contributed by atoms with E-state index in [4.69, 9.17) is 0 Å². The van der Waals surface area contributed by atoms with Gasteiger partial charge in [-0.2, -0.15) is 0 Å². The van der Waals surface area contributed by atoms with E-state index >= 15 is 0 Å². The van der Waals surface area contributed by atoms with Crippen molar-refractivity contribution in [3.8, 4) is 0 Å². The van der Waals surface area contributed by atoms with E-state index in [0.29, 0.717) is 6.54 Å². The average Bonchev–Trinajstić information content (AvgIpc) is 2.36. The highest BCUT2D eigenvalue weighted by Gasteiger charge is 2.29. The molecule has 18 heavy (non-hydrogen) atoms. The summed E-state index contributed by atoms with van der Waals surface area (Å²) in [6.07, 6.45) is 0. The molecule has 0 fully saturated rings. The predicted molar refractivity (Wildman–Crippen MR) is 78.2 cm³/mol. The molecule has 1 aromatic carbocycles. The van der Waals surface area contributed by atoms with E-state index in [9.17, 15) is 4.79 Å². The number of amides is 1. The molecule has 0 saturated heterocycles. The van der Waals surface area contributed by atoms with Gasteiger partial charge in [-0.15, -0.1) is 12.4 Å². The van der Waals surface area contributed by atoms with Crippen molar-refractivity contribution in [1.82, 2.24) is 10.6 Å². The van der Waals surface area contributed by atoms with Crippen molar-refractivity contribution in [2.24, 2.45) is 0 Å². The Hall–Kier alpha value is -1.06. The smallest absolute Gasteiger partial charge is 0.230 e. The number of nitrogens with one attached hydrogen (secondary N) is 2. The van der Waals surface area contributed by atoms with Gasteiger partial charge in [-0.1, -0.05) is 30.3 Å². The third-order valence-corrected chi connectivity index (χ3v) is 3.12. The van der Waals surface area contributed by atoms with Crippen molar-refractivity contribution in [2.45, 2.75) is 32.2 Å². The molecule has 0 aliphatic heterocycles. The zero-order chi connectivity index (χ0) is 12.9. The molecule has 4 heteroatoms. The summed E-state index contributed by atoms with van der Waals surface area (Å²) in [5.74, 6) is 0.0609. The molecule has 1 atom stereocenters. The molecular weight excluding hydrogens is 248 g/mol. The SMILES string of the molecule is CNC(C)CNC(=O)C(C)(C)c1ccccc1.Cl. The summed E-state index contributed by atoms with van der Waals surface area (Å²) in [6.45, 7) is 6.57. The molecule has 0 aliphatic rings. The van der Waals surface area contributed by atoms with Crippen LogP contribution in [0.4, 0.5) is 0 Å². The molecule has 1 unspecified atom stereocenters. The van der Waals surface area contributed by atoms with E-state index in [1.54, 1.807) is 0 Å². The second-order valence-corrected chi connectivity index (χ2v) is 4.89. The van der Waals surface area contributed by atoms with Gasteiger partial charge >= 0.3 is 0 Å². The van der Waals surface area contributed by atoms with Gasteiger partial charge in [0.2, 0.25) is 5.91 Å². The maximum atomic E-state index is 12.1. The van der Waals surface area contributed by atoms with Crippen LogP contribution in [0.25, 0.3) is 0 Å². The molecule has 0 aromatic heterocycles. The highest BCUT2D eigenvalue weighted by atomic mass is 35.5. The first kappa shape index (κ1) is 16.9. The van der Waals surface area contributed by atoms with Gasteiger partial charge in [0, 0.05) is 12.6 Å². The zero-order valence-corrected chi connectivity index (χ0v) is 12.3. The first-order valence-electron chi connectivity index (χ1n) is 5.99. The lowest BCUT2D eigenvalue weighted by Crippen LogP contribution is -2.45. The minimum atomic E-state index is -0.491. The molecule has 0 bridgehead atoms. The van der Waals surface area contributed by atoms with Crippen LogP contribution in [-0.4, -0.2) is 25.5 Å². The van der Waals surface area contributed by atoms with Crippen molar-refractivity contribution in [1.29, 1.82) is 0 Å². The van der Waals surface area contributed by atoms with Gasteiger partial charge < -0.3 is 10.6 Å². The molecule has 0 saturated carbocycles. The van der Waals surface area contributed by atoms with Crippen molar-refractivity contribution >= 4 is 18.3 Å². The maximum Gasteiger partial charge on any atom is 0.230 e. The zero-order valence-electron chi connectivity index (χ0n) is 11.5. The molecule has 2 N–H and O–H groups in total. The van der Waals surface area contributed by atoms with Crippen molar-refractivity contribution < 1.29 is 4.79 Å². The van der Waals surface area contributed by atoms with Gasteiger partial charge in [0.1, 0.15) is 0 Å². The molecule has 0 heterocycles. The Labute approximate surface area is 116 Å². The summed E-state index contributed by atoms with van der Waals surface area (Å²) in [4.78, 5) is 12.1. The summed E-state index contributed by atoms with van der Waals surface area (Å²) in [5.41, 5.74) is 0.545. The number of carbonyl (C=O) groups excluding carboxylic acids is 1. The Bertz CT molecular complexity index is 365. The molecule has 1 aromatic rings. The van der Waals surface area contributed by atoms with Crippen LogP contribution in [0.1, 0.15) is 26.3 Å². The van der Waals surface area contributed by atoms with Gasteiger partial charge in [-0.25, -0.2) is 0 Å². The third-order valence-electron chi connectivity index (χ3n) is 3.12. The number of hydrogen-bond donors (Lipinski definition) is 2. The van der Waals surface area contributed by atoms with Crippen LogP contribution in [-0.2, 0) is 10.2 Å². The van der Waals surface area contributed by atoms with Crippen LogP contribution in [0.5, 0.6) is 0 Å². The quantitative estimate of drug-likeness (QED) is 0.861. The number of rotatable bonds is 5.